The lowest BCUT2D eigenvalue weighted by Crippen LogP contribution is -1.96. The van der Waals surface area contributed by atoms with E-state index in [0.717, 1.165) is 6.42 Å². The van der Waals surface area contributed by atoms with Crippen molar-refractivity contribution in [3.8, 4) is 22.3 Å². The summed E-state index contributed by atoms with van der Waals surface area (Å²) in [6.45, 7) is 2.28. The minimum Gasteiger partial charge on any atom is -0.0654 e. The van der Waals surface area contributed by atoms with Crippen LogP contribution >= 0.6 is 0 Å². The van der Waals surface area contributed by atoms with Crippen LogP contribution < -0.4 is 0 Å². The monoisotopic (exact) mass is 326 g/mol. The van der Waals surface area contributed by atoms with Crippen molar-refractivity contribution in [3.63, 3.8) is 0 Å². The Balaban J connectivity index is 1.78. The summed E-state index contributed by atoms with van der Waals surface area (Å²) in [7, 11) is 0. The van der Waals surface area contributed by atoms with Crippen LogP contribution in [0.4, 0.5) is 0 Å². The number of fused-ring (bicyclic) bond motifs is 3. The molecule has 0 N–H and O–H groups in total. The molecule has 0 saturated heterocycles. The third kappa shape index (κ3) is 3.14. The molecule has 0 aromatic heterocycles. The molecule has 0 heterocycles. The van der Waals surface area contributed by atoms with Gasteiger partial charge in [0.05, 0.1) is 0 Å². The molecule has 1 aliphatic carbocycles. The Morgan fingerprint density at radius 3 is 2.36 bits per heavy atom. The predicted octanol–water partition coefficient (Wildman–Crippen LogP) is 7.05. The zero-order valence-corrected chi connectivity index (χ0v) is 15.1. The van der Waals surface area contributed by atoms with E-state index in [9.17, 15) is 0 Å². The van der Waals surface area contributed by atoms with E-state index >= 15 is 0 Å². The van der Waals surface area contributed by atoms with E-state index in [1.54, 1.807) is 0 Å². The van der Waals surface area contributed by atoms with Gasteiger partial charge in [0.1, 0.15) is 0 Å². The number of rotatable bonds is 6. The van der Waals surface area contributed by atoms with Crippen molar-refractivity contribution < 1.29 is 0 Å². The number of hydrogen-bond acceptors (Lipinski definition) is 0. The molecule has 0 fully saturated rings. The molecular formula is C25H26. The molecule has 0 unspecified atom stereocenters. The van der Waals surface area contributed by atoms with Crippen molar-refractivity contribution >= 4 is 0 Å². The lowest BCUT2D eigenvalue weighted by atomic mass is 9.89. The normalized spacial score (nSPS) is 12.0. The molecule has 0 radical (unpaired) electrons. The summed E-state index contributed by atoms with van der Waals surface area (Å²) in [5.74, 6) is 0. The van der Waals surface area contributed by atoms with Gasteiger partial charge in [-0.3, -0.25) is 0 Å². The van der Waals surface area contributed by atoms with E-state index in [2.05, 4.69) is 73.7 Å². The first-order valence-electron chi connectivity index (χ1n) is 9.67. The van der Waals surface area contributed by atoms with E-state index in [0.29, 0.717) is 0 Å². The van der Waals surface area contributed by atoms with E-state index in [1.807, 2.05) is 0 Å². The Bertz CT molecular complexity index is 858. The average molecular weight is 326 g/mol. The van der Waals surface area contributed by atoms with Crippen LogP contribution in [0.25, 0.3) is 22.3 Å². The largest absolute Gasteiger partial charge is 0.0654 e. The van der Waals surface area contributed by atoms with Crippen molar-refractivity contribution in [2.75, 3.05) is 0 Å². The average Bonchev–Trinajstić information content (AvgIpc) is 3.04. The molecular weight excluding hydrogens is 300 g/mol. The second-order valence-corrected chi connectivity index (χ2v) is 7.14. The van der Waals surface area contributed by atoms with Crippen LogP contribution in [0.3, 0.4) is 0 Å². The van der Waals surface area contributed by atoms with Gasteiger partial charge in [0.25, 0.3) is 0 Å². The maximum atomic E-state index is 2.38. The van der Waals surface area contributed by atoms with E-state index in [1.165, 1.54) is 71.0 Å². The molecule has 0 spiro atoms. The Hall–Kier alpha value is -2.34. The molecule has 126 valence electrons. The summed E-state index contributed by atoms with van der Waals surface area (Å²) < 4.78 is 0. The quantitative estimate of drug-likeness (QED) is 0.333. The van der Waals surface area contributed by atoms with Gasteiger partial charge < -0.3 is 0 Å². The van der Waals surface area contributed by atoms with Crippen LogP contribution in [0, 0.1) is 0 Å². The van der Waals surface area contributed by atoms with Gasteiger partial charge in [0, 0.05) is 0 Å². The van der Waals surface area contributed by atoms with Gasteiger partial charge in [0.15, 0.2) is 0 Å². The first-order valence-corrected chi connectivity index (χ1v) is 9.67. The summed E-state index contributed by atoms with van der Waals surface area (Å²) in [5, 5.41) is 0. The molecule has 25 heavy (non-hydrogen) atoms. The molecule has 0 atom stereocenters. The summed E-state index contributed by atoms with van der Waals surface area (Å²) in [5.41, 5.74) is 10.2. The predicted molar refractivity (Wildman–Crippen MR) is 108 cm³/mol. The van der Waals surface area contributed by atoms with Gasteiger partial charge >= 0.3 is 0 Å². The van der Waals surface area contributed by atoms with Gasteiger partial charge in [-0.2, -0.15) is 0 Å². The first-order chi connectivity index (χ1) is 12.4. The molecule has 3 aromatic carbocycles. The van der Waals surface area contributed by atoms with Crippen LogP contribution in [0.5, 0.6) is 0 Å². The highest BCUT2D eigenvalue weighted by atomic mass is 14.3. The summed E-state index contributed by atoms with van der Waals surface area (Å²) in [6.07, 6.45) is 7.52. The Kier molecular flexibility index (Phi) is 4.70. The molecule has 0 nitrogen and oxygen atoms in total. The number of hydrogen-bond donors (Lipinski definition) is 0. The summed E-state index contributed by atoms with van der Waals surface area (Å²) in [6, 6.07) is 24.6. The van der Waals surface area contributed by atoms with Gasteiger partial charge in [0.2, 0.25) is 0 Å². The van der Waals surface area contributed by atoms with Crippen LogP contribution in [0.15, 0.2) is 66.7 Å². The van der Waals surface area contributed by atoms with Crippen LogP contribution in [0.2, 0.25) is 0 Å². The molecule has 0 amide bonds. The molecule has 4 rings (SSSR count). The van der Waals surface area contributed by atoms with Gasteiger partial charge in [-0.15, -0.1) is 0 Å². The highest BCUT2D eigenvalue weighted by molar-refractivity contribution is 5.86. The van der Waals surface area contributed by atoms with Crippen LogP contribution in [0.1, 0.15) is 49.3 Å². The van der Waals surface area contributed by atoms with Crippen molar-refractivity contribution in [1.29, 1.82) is 0 Å². The topological polar surface area (TPSA) is 0 Å². The Morgan fingerprint density at radius 1 is 0.720 bits per heavy atom. The second-order valence-electron chi connectivity index (χ2n) is 7.14. The second kappa shape index (κ2) is 7.27. The summed E-state index contributed by atoms with van der Waals surface area (Å²) >= 11 is 0. The van der Waals surface area contributed by atoms with E-state index < -0.39 is 0 Å². The fraction of sp³-hybridized carbons (Fsp3) is 0.280. The van der Waals surface area contributed by atoms with Crippen molar-refractivity contribution in [3.05, 3.63) is 83.4 Å². The van der Waals surface area contributed by atoms with Crippen LogP contribution in [-0.4, -0.2) is 0 Å². The van der Waals surface area contributed by atoms with Crippen molar-refractivity contribution in [2.45, 2.75) is 45.4 Å². The zero-order chi connectivity index (χ0) is 17.1. The molecule has 0 aliphatic heterocycles. The maximum absolute atomic E-state index is 2.38. The van der Waals surface area contributed by atoms with Gasteiger partial charge in [-0.25, -0.2) is 0 Å². The van der Waals surface area contributed by atoms with Crippen LogP contribution in [-0.2, 0) is 12.8 Å². The fourth-order valence-corrected chi connectivity index (χ4v) is 4.17. The van der Waals surface area contributed by atoms with Crippen molar-refractivity contribution in [2.24, 2.45) is 0 Å². The highest BCUT2D eigenvalue weighted by Gasteiger charge is 2.23. The lowest BCUT2D eigenvalue weighted by molar-refractivity contribution is 0.667. The van der Waals surface area contributed by atoms with Crippen molar-refractivity contribution in [1.82, 2.24) is 0 Å². The lowest BCUT2D eigenvalue weighted by Gasteiger charge is -2.15. The molecule has 0 saturated carbocycles. The minimum atomic E-state index is 1.07. The van der Waals surface area contributed by atoms with Gasteiger partial charge in [-0.1, -0.05) is 92.9 Å². The maximum Gasteiger partial charge on any atom is -0.000718 e. The standard InChI is InChI=1S/C25H26/c1-2-3-4-6-13-20-16-17-23-22-15-10-9-14-21(22)18-24(23)25(20)19-11-7-5-8-12-19/h5,7-12,14-17H,2-4,6,13,18H2,1H3. The molecule has 0 heteroatoms. The van der Waals surface area contributed by atoms with E-state index in [-0.39, 0.29) is 0 Å². The fourth-order valence-electron chi connectivity index (χ4n) is 4.17. The third-order valence-corrected chi connectivity index (χ3v) is 5.44. The third-order valence-electron chi connectivity index (χ3n) is 5.44. The van der Waals surface area contributed by atoms with E-state index in [4.69, 9.17) is 0 Å². The SMILES string of the molecule is CCCCCCc1ccc2c(c1-c1ccccc1)Cc1ccccc1-2. The summed E-state index contributed by atoms with van der Waals surface area (Å²) in [4.78, 5) is 0. The molecule has 0 bridgehead atoms. The minimum absolute atomic E-state index is 1.07. The smallest absolute Gasteiger partial charge is 0.000718 e. The number of unbranched alkanes of at least 4 members (excludes halogenated alkanes) is 3. The Labute approximate surface area is 151 Å². The highest BCUT2D eigenvalue weighted by Crippen LogP contribution is 2.43. The zero-order valence-electron chi connectivity index (χ0n) is 15.1. The number of benzene rings is 3. The Morgan fingerprint density at radius 2 is 1.52 bits per heavy atom. The first kappa shape index (κ1) is 16.1. The molecule has 1 aliphatic rings. The molecule has 3 aromatic rings. The number of aryl methyl sites for hydroxylation is 1. The van der Waals surface area contributed by atoms with Gasteiger partial charge in [-0.05, 0) is 58.2 Å².